The highest BCUT2D eigenvalue weighted by atomic mass is 19.4. The summed E-state index contributed by atoms with van der Waals surface area (Å²) in [6.07, 6.45) is -0.348. The maximum absolute atomic E-state index is 13.0. The Hall–Kier alpha value is -3.24. The van der Waals surface area contributed by atoms with Crippen molar-refractivity contribution in [3.63, 3.8) is 0 Å². The molecule has 0 bridgehead atoms. The Morgan fingerprint density at radius 2 is 1.94 bits per heavy atom. The van der Waals surface area contributed by atoms with Crippen LogP contribution in [0, 0.1) is 5.92 Å². The Kier molecular flexibility index (Phi) is 6.42. The second-order valence-electron chi connectivity index (χ2n) is 7.55. The number of urea groups is 1. The third kappa shape index (κ3) is 5.09. The molecule has 166 valence electrons. The van der Waals surface area contributed by atoms with Crippen molar-refractivity contribution < 1.29 is 22.8 Å². The molecular weight excluding hydrogens is 413 g/mol. The minimum absolute atomic E-state index is 0.0126. The summed E-state index contributed by atoms with van der Waals surface area (Å²) in [6, 6.07) is 2.80. The zero-order chi connectivity index (χ0) is 22.8. The number of carbonyl (C=O) groups is 2. The number of hydrogen-bond donors (Lipinski definition) is 1. The highest BCUT2D eigenvalue weighted by molar-refractivity contribution is 5.99. The van der Waals surface area contributed by atoms with Gasteiger partial charge < -0.3 is 10.2 Å². The number of hydrogen-bond acceptors (Lipinski definition) is 5. The van der Waals surface area contributed by atoms with Crippen LogP contribution in [0.15, 0.2) is 30.7 Å². The average molecular weight is 436 g/mol. The number of aryl methyl sites for hydroxylation is 1. The number of halogens is 3. The van der Waals surface area contributed by atoms with E-state index in [-0.39, 0.29) is 30.7 Å². The van der Waals surface area contributed by atoms with Gasteiger partial charge in [-0.15, -0.1) is 0 Å². The van der Waals surface area contributed by atoms with Gasteiger partial charge in [0.1, 0.15) is 12.4 Å². The molecule has 1 N–H and O–H groups in total. The van der Waals surface area contributed by atoms with E-state index in [9.17, 15) is 22.8 Å². The van der Waals surface area contributed by atoms with E-state index < -0.39 is 23.9 Å². The van der Waals surface area contributed by atoms with E-state index in [0.29, 0.717) is 5.82 Å². The van der Waals surface area contributed by atoms with E-state index in [2.05, 4.69) is 20.3 Å². The number of anilines is 2. The standard InChI is InChI=1S/C20H23F3N6O2/c1-4-13-5-6-24-16(7-13)27-17(30)11-29-15(12(2)3)10-28(19(29)31)14-8-25-18(26-9-14)20(21,22)23/h5-9,12,15H,4,10-11H2,1-3H3,(H,24,27,30)/t15-/m1/s1. The largest absolute Gasteiger partial charge is 0.451 e. The SMILES string of the molecule is CCc1ccnc(NC(=O)CN2C(=O)N(c3cnc(C(F)(F)F)nc3)C[C@@H]2C(C)C)c1. The maximum atomic E-state index is 13.0. The van der Waals surface area contributed by atoms with Gasteiger partial charge in [-0.05, 0) is 30.0 Å². The molecule has 1 aliphatic rings. The molecule has 2 aromatic rings. The summed E-state index contributed by atoms with van der Waals surface area (Å²) >= 11 is 0. The lowest BCUT2D eigenvalue weighted by molar-refractivity contribution is -0.145. The summed E-state index contributed by atoms with van der Waals surface area (Å²) in [4.78, 5) is 39.0. The van der Waals surface area contributed by atoms with Gasteiger partial charge in [0.05, 0.1) is 24.1 Å². The van der Waals surface area contributed by atoms with E-state index in [4.69, 9.17) is 0 Å². The molecule has 1 fully saturated rings. The fraction of sp³-hybridized carbons (Fsp3) is 0.450. The molecule has 0 saturated carbocycles. The van der Waals surface area contributed by atoms with Crippen molar-refractivity contribution in [3.8, 4) is 0 Å². The molecule has 0 aromatic carbocycles. The summed E-state index contributed by atoms with van der Waals surface area (Å²) in [6.45, 7) is 5.79. The molecule has 11 heteroatoms. The van der Waals surface area contributed by atoms with Crippen molar-refractivity contribution in [1.29, 1.82) is 0 Å². The first-order valence-corrected chi connectivity index (χ1v) is 9.82. The normalized spacial score (nSPS) is 16.9. The van der Waals surface area contributed by atoms with Gasteiger partial charge in [0.15, 0.2) is 0 Å². The zero-order valence-electron chi connectivity index (χ0n) is 17.3. The molecule has 0 unspecified atom stereocenters. The molecule has 1 saturated heterocycles. The maximum Gasteiger partial charge on any atom is 0.451 e. The molecule has 8 nitrogen and oxygen atoms in total. The number of nitrogens with one attached hydrogen (secondary N) is 1. The zero-order valence-corrected chi connectivity index (χ0v) is 17.3. The van der Waals surface area contributed by atoms with Crippen molar-refractivity contribution in [2.75, 3.05) is 23.3 Å². The van der Waals surface area contributed by atoms with E-state index in [1.54, 1.807) is 12.3 Å². The summed E-state index contributed by atoms with van der Waals surface area (Å²) in [5.74, 6) is -1.28. The molecule has 3 heterocycles. The van der Waals surface area contributed by atoms with Gasteiger partial charge in [-0.3, -0.25) is 9.69 Å². The van der Waals surface area contributed by atoms with Gasteiger partial charge in [-0.25, -0.2) is 19.7 Å². The second-order valence-corrected chi connectivity index (χ2v) is 7.55. The Morgan fingerprint density at radius 3 is 2.52 bits per heavy atom. The van der Waals surface area contributed by atoms with Crippen molar-refractivity contribution >= 4 is 23.4 Å². The molecule has 3 amide bonds. The topological polar surface area (TPSA) is 91.3 Å². The number of alkyl halides is 3. The third-order valence-electron chi connectivity index (χ3n) is 5.03. The molecule has 1 aliphatic heterocycles. The first-order chi connectivity index (χ1) is 14.6. The van der Waals surface area contributed by atoms with Gasteiger partial charge in [0.25, 0.3) is 0 Å². The van der Waals surface area contributed by atoms with Crippen LogP contribution >= 0.6 is 0 Å². The van der Waals surface area contributed by atoms with Crippen LogP contribution in [0.4, 0.5) is 29.5 Å². The second kappa shape index (κ2) is 8.86. The fourth-order valence-electron chi connectivity index (χ4n) is 3.34. The number of amides is 3. The van der Waals surface area contributed by atoms with Gasteiger partial charge in [0.2, 0.25) is 11.7 Å². The summed E-state index contributed by atoms with van der Waals surface area (Å²) < 4.78 is 38.1. The molecular formula is C20H23F3N6O2. The molecule has 0 aliphatic carbocycles. The van der Waals surface area contributed by atoms with Crippen LogP contribution in [0.2, 0.25) is 0 Å². The van der Waals surface area contributed by atoms with Crippen LogP contribution in [0.3, 0.4) is 0 Å². The van der Waals surface area contributed by atoms with Crippen LogP contribution in [0.5, 0.6) is 0 Å². The van der Waals surface area contributed by atoms with E-state index in [0.717, 1.165) is 24.4 Å². The number of aromatic nitrogens is 3. The number of rotatable bonds is 6. The predicted octanol–water partition coefficient (Wildman–Crippen LogP) is 3.36. The fourth-order valence-corrected chi connectivity index (χ4v) is 3.34. The van der Waals surface area contributed by atoms with Crippen molar-refractivity contribution in [2.45, 2.75) is 39.4 Å². The lowest BCUT2D eigenvalue weighted by Gasteiger charge is -2.25. The van der Waals surface area contributed by atoms with Crippen LogP contribution in [0.1, 0.15) is 32.2 Å². The average Bonchev–Trinajstić information content (AvgIpc) is 3.04. The first-order valence-electron chi connectivity index (χ1n) is 9.82. The summed E-state index contributed by atoms with van der Waals surface area (Å²) in [5.41, 5.74) is 1.15. The van der Waals surface area contributed by atoms with Crippen molar-refractivity contribution in [1.82, 2.24) is 19.9 Å². The Morgan fingerprint density at radius 1 is 1.26 bits per heavy atom. The van der Waals surface area contributed by atoms with Gasteiger partial charge >= 0.3 is 12.2 Å². The number of nitrogens with zero attached hydrogens (tertiary/aromatic N) is 5. The van der Waals surface area contributed by atoms with Gasteiger partial charge in [-0.1, -0.05) is 20.8 Å². The first kappa shape index (κ1) is 22.4. The van der Waals surface area contributed by atoms with E-state index in [1.807, 2.05) is 26.8 Å². The highest BCUT2D eigenvalue weighted by Crippen LogP contribution is 2.29. The van der Waals surface area contributed by atoms with Crippen LogP contribution in [-0.4, -0.2) is 50.9 Å². The van der Waals surface area contributed by atoms with Crippen LogP contribution < -0.4 is 10.2 Å². The summed E-state index contributed by atoms with van der Waals surface area (Å²) in [5, 5.41) is 2.69. The van der Waals surface area contributed by atoms with Crippen LogP contribution in [0.25, 0.3) is 0 Å². The molecule has 3 rings (SSSR count). The Balaban J connectivity index is 1.75. The lowest BCUT2D eigenvalue weighted by Crippen LogP contribution is -2.42. The molecule has 0 spiro atoms. The Labute approximate surface area is 177 Å². The predicted molar refractivity (Wildman–Crippen MR) is 107 cm³/mol. The van der Waals surface area contributed by atoms with E-state index >= 15 is 0 Å². The third-order valence-corrected chi connectivity index (χ3v) is 5.03. The van der Waals surface area contributed by atoms with Crippen molar-refractivity contribution in [2.24, 2.45) is 5.92 Å². The highest BCUT2D eigenvalue weighted by Gasteiger charge is 2.41. The van der Waals surface area contributed by atoms with E-state index in [1.165, 1.54) is 9.80 Å². The molecule has 2 aromatic heterocycles. The lowest BCUT2D eigenvalue weighted by atomic mass is 10.0. The number of pyridine rings is 1. The Bertz CT molecular complexity index is 949. The minimum Gasteiger partial charge on any atom is -0.310 e. The minimum atomic E-state index is -4.67. The smallest absolute Gasteiger partial charge is 0.310 e. The monoisotopic (exact) mass is 436 g/mol. The van der Waals surface area contributed by atoms with Crippen LogP contribution in [-0.2, 0) is 17.4 Å². The quantitative estimate of drug-likeness (QED) is 0.750. The molecule has 0 radical (unpaired) electrons. The molecule has 31 heavy (non-hydrogen) atoms. The van der Waals surface area contributed by atoms with Gasteiger partial charge in [0, 0.05) is 12.7 Å². The molecule has 1 atom stereocenters. The van der Waals surface area contributed by atoms with Crippen molar-refractivity contribution in [3.05, 3.63) is 42.1 Å². The number of carbonyl (C=O) groups excluding carboxylic acids is 2. The summed E-state index contributed by atoms with van der Waals surface area (Å²) in [7, 11) is 0. The van der Waals surface area contributed by atoms with Gasteiger partial charge in [-0.2, -0.15) is 13.2 Å².